The van der Waals surface area contributed by atoms with Crippen LogP contribution in [0.1, 0.15) is 112 Å². The van der Waals surface area contributed by atoms with Crippen LogP contribution in [-0.4, -0.2) is 165 Å². The number of hydrogen-bond acceptors (Lipinski definition) is 16. The number of phosphoric ester groups is 1. The molecular weight excluding hydrogens is 1010 g/mol. The highest BCUT2D eigenvalue weighted by atomic mass is 79.9. The van der Waals surface area contributed by atoms with Crippen molar-refractivity contribution in [1.29, 1.82) is 5.26 Å². The number of carbonyl (C=O) groups is 1. The van der Waals surface area contributed by atoms with E-state index in [0.29, 0.717) is 30.8 Å². The number of amides is 1. The smallest absolute Gasteiger partial charge is 0.448 e. The van der Waals surface area contributed by atoms with Gasteiger partial charge in [-0.25, -0.2) is 9.55 Å². The van der Waals surface area contributed by atoms with E-state index in [1.807, 2.05) is 71.9 Å². The summed E-state index contributed by atoms with van der Waals surface area (Å²) in [5.41, 5.74) is 0.239. The molecule has 1 aromatic heterocycles. The lowest BCUT2D eigenvalue weighted by molar-refractivity contribution is -0.284. The van der Waals surface area contributed by atoms with E-state index < -0.39 is 91.3 Å². The van der Waals surface area contributed by atoms with Gasteiger partial charge in [-0.05, 0) is 77.3 Å². The molecule has 3 rings (SSSR count). The highest BCUT2D eigenvalue weighted by Crippen LogP contribution is 2.57. The molecule has 0 bridgehead atoms. The number of carbonyl (C=O) groups excluding carboxylic acids is 1. The van der Waals surface area contributed by atoms with E-state index in [0.717, 1.165) is 11.1 Å². The van der Waals surface area contributed by atoms with Crippen molar-refractivity contribution >= 4 is 35.7 Å². The van der Waals surface area contributed by atoms with E-state index in [2.05, 4.69) is 26.2 Å². The van der Waals surface area contributed by atoms with Gasteiger partial charge in [0.05, 0.1) is 60.2 Å². The third-order valence-electron chi connectivity index (χ3n) is 14.2. The molecule has 2 saturated heterocycles. The summed E-state index contributed by atoms with van der Waals surface area (Å²) in [5.74, 6) is -2.62. The van der Waals surface area contributed by atoms with Crippen LogP contribution in [0.5, 0.6) is 0 Å². The van der Waals surface area contributed by atoms with Gasteiger partial charge in [-0.1, -0.05) is 81.8 Å². The number of likely N-dealkylation sites (N-methyl/N-ethyl adjacent to an activating group) is 1. The van der Waals surface area contributed by atoms with E-state index in [4.69, 9.17) is 37.9 Å². The Morgan fingerprint density at radius 3 is 2.38 bits per heavy atom. The van der Waals surface area contributed by atoms with Gasteiger partial charge in [-0.15, -0.1) is 0 Å². The van der Waals surface area contributed by atoms with Crippen LogP contribution in [-0.2, 0) is 37.6 Å². The lowest BCUT2D eigenvalue weighted by Crippen LogP contribution is -2.53. The molecule has 7 N–H and O–H groups in total. The number of rotatable bonds is 29. The van der Waals surface area contributed by atoms with Crippen LogP contribution in [0.15, 0.2) is 52.2 Å². The number of aromatic nitrogens is 1. The maximum Gasteiger partial charge on any atom is 0.469 e. The van der Waals surface area contributed by atoms with E-state index >= 15 is 0 Å². The van der Waals surface area contributed by atoms with E-state index in [-0.39, 0.29) is 49.3 Å². The van der Waals surface area contributed by atoms with E-state index in [1.54, 1.807) is 45.8 Å². The number of ether oxygens (including phenoxy) is 5. The third-order valence-corrected chi connectivity index (χ3v) is 16.4. The normalized spacial score (nSPS) is 28.8. The number of alkyl halides is 1. The number of nitrogens with one attached hydrogen (secondary N) is 1. The van der Waals surface area contributed by atoms with Crippen molar-refractivity contribution in [3.8, 4) is 6.07 Å². The highest BCUT2D eigenvalue weighted by molar-refractivity contribution is 9.09. The van der Waals surface area contributed by atoms with Crippen LogP contribution < -0.4 is 5.32 Å². The second-order valence-electron chi connectivity index (χ2n) is 20.0. The molecule has 2 fully saturated rings. The molecule has 6 unspecified atom stereocenters. The number of methoxy groups -OCH3 is 2. The summed E-state index contributed by atoms with van der Waals surface area (Å²) in [5, 5.41) is 55.7. The van der Waals surface area contributed by atoms with Gasteiger partial charge in [-0.3, -0.25) is 9.32 Å². The molecule has 21 heteroatoms. The number of aliphatic hydroxyl groups is 4. The number of hydrogen-bond donors (Lipinski definition) is 7. The van der Waals surface area contributed by atoms with Crippen LogP contribution in [0.2, 0.25) is 0 Å². The molecule has 1 aromatic rings. The number of oxazole rings is 1. The molecular formula is C50H82BrN4O15P. The molecule has 2 aliphatic heterocycles. The van der Waals surface area contributed by atoms with Crippen molar-refractivity contribution in [1.82, 2.24) is 15.2 Å². The van der Waals surface area contributed by atoms with Gasteiger partial charge in [0.1, 0.15) is 30.3 Å². The molecule has 19 nitrogen and oxygen atoms in total. The van der Waals surface area contributed by atoms with Crippen LogP contribution in [0.3, 0.4) is 0 Å². The summed E-state index contributed by atoms with van der Waals surface area (Å²) in [6, 6.07) is 1.43. The van der Waals surface area contributed by atoms with Gasteiger partial charge in [0, 0.05) is 56.9 Å². The Bertz CT molecular complexity index is 2050. The zero-order valence-electron chi connectivity index (χ0n) is 43.7. The number of allylic oxidation sites excluding steroid dienone is 5. The first-order valence-electron chi connectivity index (χ1n) is 24.2. The fraction of sp³-hybridized carbons (Fsp3) is 0.740. The summed E-state index contributed by atoms with van der Waals surface area (Å²) < 4.78 is 55.0. The van der Waals surface area contributed by atoms with Crippen LogP contribution in [0, 0.1) is 28.6 Å². The van der Waals surface area contributed by atoms with Crippen LogP contribution >= 0.6 is 23.8 Å². The fourth-order valence-electron chi connectivity index (χ4n) is 9.26. The van der Waals surface area contributed by atoms with Crippen LogP contribution in [0.4, 0.5) is 0 Å². The second kappa shape index (κ2) is 27.7. The van der Waals surface area contributed by atoms with Crippen molar-refractivity contribution < 1.29 is 72.2 Å². The lowest BCUT2D eigenvalue weighted by Gasteiger charge is -2.42. The summed E-state index contributed by atoms with van der Waals surface area (Å²) in [7, 11) is 1.18. The molecule has 15 atom stereocenters. The Hall–Kier alpha value is -2.68. The average molecular weight is 1090 g/mol. The minimum atomic E-state index is -5.15. The number of nitrogens with zero attached hydrogens (tertiary/aromatic N) is 3. The van der Waals surface area contributed by atoms with Gasteiger partial charge >= 0.3 is 7.82 Å². The first-order valence-corrected chi connectivity index (χ1v) is 26.7. The van der Waals surface area contributed by atoms with Crippen molar-refractivity contribution in [2.75, 3.05) is 48.1 Å². The molecule has 404 valence electrons. The predicted molar refractivity (Wildman–Crippen MR) is 271 cm³/mol. The SMILES string of the molecule is CC[C@H](O)CC1(OCC/C=C/c2coc(C(C)CCNC(=O)[C@@H](O)C(O)[C@H](COC)N(C)C)n2)O[C@H]([C@H](C[C@H](O)C(C)C2OC(C)(/C(C)=C/C=C/C(C)=C/C#N)[C@H](Br)[C@H]2C)OC)[C@H](OP(=O)(O)O)C1(C)C. The van der Waals surface area contributed by atoms with Gasteiger partial charge in [-0.2, -0.15) is 5.26 Å². The zero-order valence-corrected chi connectivity index (χ0v) is 46.2. The Kier molecular flexibility index (Phi) is 24.5. The summed E-state index contributed by atoms with van der Waals surface area (Å²) >= 11 is 3.88. The van der Waals surface area contributed by atoms with Gasteiger partial charge in [0.15, 0.2) is 17.8 Å². The lowest BCUT2D eigenvalue weighted by atomic mass is 9.75. The Balaban J connectivity index is 1.75. The molecule has 0 aliphatic carbocycles. The van der Waals surface area contributed by atoms with Crippen molar-refractivity contribution in [3.05, 3.63) is 59.4 Å². The first kappa shape index (κ1) is 62.6. The molecule has 0 spiro atoms. The molecule has 3 heterocycles. The Morgan fingerprint density at radius 1 is 1.11 bits per heavy atom. The Labute approximate surface area is 429 Å². The summed E-state index contributed by atoms with van der Waals surface area (Å²) in [4.78, 5) is 39.2. The number of halogens is 1. The van der Waals surface area contributed by atoms with Crippen LogP contribution in [0.25, 0.3) is 6.08 Å². The quantitative estimate of drug-likeness (QED) is 0.0167. The van der Waals surface area contributed by atoms with Crippen molar-refractivity contribution in [2.24, 2.45) is 17.3 Å². The molecule has 71 heavy (non-hydrogen) atoms. The number of phosphoric acid groups is 1. The molecule has 2 aliphatic rings. The van der Waals surface area contributed by atoms with E-state index in [1.165, 1.54) is 26.6 Å². The largest absolute Gasteiger partial charge is 0.469 e. The third kappa shape index (κ3) is 16.4. The average Bonchev–Trinajstić information content (AvgIpc) is 3.94. The number of aliphatic hydroxyl groups excluding tert-OH is 4. The molecule has 0 radical (unpaired) electrons. The van der Waals surface area contributed by atoms with Gasteiger partial charge in [0.25, 0.3) is 5.91 Å². The summed E-state index contributed by atoms with van der Waals surface area (Å²) in [6.45, 7) is 17.2. The summed E-state index contributed by atoms with van der Waals surface area (Å²) in [6.07, 6.45) is 4.28. The van der Waals surface area contributed by atoms with Gasteiger partial charge < -0.3 is 68.5 Å². The van der Waals surface area contributed by atoms with Crippen molar-refractivity contribution in [3.63, 3.8) is 0 Å². The predicted octanol–water partition coefficient (Wildman–Crippen LogP) is 5.69. The zero-order chi connectivity index (χ0) is 53.6. The highest BCUT2D eigenvalue weighted by Gasteiger charge is 2.66. The minimum absolute atomic E-state index is 0.0279. The molecule has 1 amide bonds. The monoisotopic (exact) mass is 1090 g/mol. The second-order valence-corrected chi connectivity index (χ2v) is 22.2. The maximum absolute atomic E-state index is 12.6. The topological polar surface area (TPSA) is 276 Å². The standard InChI is InChI=1S/C50H82BrN4O15P/c1-14-36(56)27-50(67-25-16-15-20-35-28-66-47(54-35)31(3)22-24-53-46(60)41(59)40(58)37(29-64-12)55(10)11)48(7,8)45(70-71(61,62)63)43(69-50)39(65-13)26-38(57)33(5)42-34(6)44(51)49(9,68-42)32(4)19-17-18-30(2)21-23-52/h15,17-21,28,31,33-34,36-45,56-59H,14,16,22,24-27,29H2,1-13H3,(H,53,60)(H2,61,62,63)/b18-17+,20-15+,30-21+,32-19+/t31?,33?,34-,36-,37-,38-,39-,40?,41-,42?,43+,44+,45-,49?,50?/m0/s1. The minimum Gasteiger partial charge on any atom is -0.448 e. The van der Waals surface area contributed by atoms with E-state index in [9.17, 15) is 39.6 Å². The van der Waals surface area contributed by atoms with Crippen molar-refractivity contribution in [2.45, 2.75) is 171 Å². The molecule has 0 aromatic carbocycles. The Morgan fingerprint density at radius 2 is 1.79 bits per heavy atom. The first-order chi connectivity index (χ1) is 33.1. The number of nitriles is 1. The maximum atomic E-state index is 12.6. The molecule has 0 saturated carbocycles. The van der Waals surface area contributed by atoms with Gasteiger partial charge in [0.2, 0.25) is 0 Å². The fourth-order valence-corrected chi connectivity index (χ4v) is 10.7.